The highest BCUT2D eigenvalue weighted by atomic mass is 16.5. The molecule has 0 radical (unpaired) electrons. The summed E-state index contributed by atoms with van der Waals surface area (Å²) in [5.74, 6) is -0.638. The van der Waals surface area contributed by atoms with Crippen molar-refractivity contribution in [3.63, 3.8) is 0 Å². The van der Waals surface area contributed by atoms with Crippen molar-refractivity contribution in [2.45, 2.75) is 64.1 Å². The molecule has 0 bridgehead atoms. The van der Waals surface area contributed by atoms with E-state index in [1.165, 1.54) is 6.92 Å². The summed E-state index contributed by atoms with van der Waals surface area (Å²) >= 11 is 0. The molecule has 26 heavy (non-hydrogen) atoms. The van der Waals surface area contributed by atoms with E-state index in [-0.39, 0.29) is 24.4 Å². The van der Waals surface area contributed by atoms with Gasteiger partial charge in [-0.05, 0) is 38.1 Å². The van der Waals surface area contributed by atoms with Crippen molar-refractivity contribution in [1.29, 1.82) is 0 Å². The number of carbonyl (C=O) groups excluding carboxylic acids is 1. The molecule has 0 aromatic heterocycles. The molecule has 7 heteroatoms. The van der Waals surface area contributed by atoms with Crippen LogP contribution in [0.5, 0.6) is 0 Å². The number of piperidine rings is 1. The van der Waals surface area contributed by atoms with E-state index in [1.54, 1.807) is 6.08 Å². The molecule has 1 saturated heterocycles. The summed E-state index contributed by atoms with van der Waals surface area (Å²) in [5.41, 5.74) is 6.57. The van der Waals surface area contributed by atoms with Crippen LogP contribution in [0, 0.1) is 5.92 Å². The molecule has 1 aliphatic carbocycles. The number of carboxylic acid groups (broad SMARTS) is 1. The lowest BCUT2D eigenvalue weighted by atomic mass is 9.84. The number of carboxylic acids is 1. The molecule has 1 aliphatic heterocycles. The van der Waals surface area contributed by atoms with Crippen LogP contribution < -0.4 is 11.1 Å². The van der Waals surface area contributed by atoms with Gasteiger partial charge in [-0.15, -0.1) is 0 Å². The SMILES string of the molecule is CCCCOC[C@H]1CCCN([C@@H]2C=C(C(=O)O)C[C@H](N)[C@@H]2NC(C)=O)C1. The number of rotatable bonds is 8. The lowest BCUT2D eigenvalue weighted by Crippen LogP contribution is -2.62. The van der Waals surface area contributed by atoms with E-state index in [2.05, 4.69) is 17.1 Å². The minimum Gasteiger partial charge on any atom is -0.478 e. The molecule has 4 atom stereocenters. The molecule has 7 nitrogen and oxygen atoms in total. The summed E-state index contributed by atoms with van der Waals surface area (Å²) in [6, 6.07) is -0.858. The smallest absolute Gasteiger partial charge is 0.331 e. The van der Waals surface area contributed by atoms with E-state index in [0.29, 0.717) is 11.5 Å². The van der Waals surface area contributed by atoms with Crippen molar-refractivity contribution in [3.05, 3.63) is 11.6 Å². The van der Waals surface area contributed by atoms with E-state index in [9.17, 15) is 14.7 Å². The highest BCUT2D eigenvalue weighted by Gasteiger charge is 2.38. The third kappa shape index (κ3) is 5.79. The summed E-state index contributed by atoms with van der Waals surface area (Å²) in [4.78, 5) is 25.4. The van der Waals surface area contributed by atoms with Crippen molar-refractivity contribution in [2.24, 2.45) is 11.7 Å². The number of carbonyl (C=O) groups is 2. The van der Waals surface area contributed by atoms with Crippen LogP contribution in [0.1, 0.15) is 46.0 Å². The molecule has 1 heterocycles. The maximum absolute atomic E-state index is 11.6. The number of hydrogen-bond acceptors (Lipinski definition) is 5. The van der Waals surface area contributed by atoms with Gasteiger partial charge in [0.2, 0.25) is 5.91 Å². The van der Waals surface area contributed by atoms with Gasteiger partial charge in [-0.25, -0.2) is 4.79 Å². The van der Waals surface area contributed by atoms with Crippen LogP contribution in [-0.2, 0) is 14.3 Å². The molecule has 0 aromatic rings. The fourth-order valence-electron chi connectivity index (χ4n) is 3.93. The fourth-order valence-corrected chi connectivity index (χ4v) is 3.93. The van der Waals surface area contributed by atoms with E-state index < -0.39 is 12.0 Å². The van der Waals surface area contributed by atoms with Crippen LogP contribution in [0.15, 0.2) is 11.6 Å². The number of unbranched alkanes of at least 4 members (excludes halogenated alkanes) is 1. The van der Waals surface area contributed by atoms with Gasteiger partial charge < -0.3 is 20.9 Å². The third-order valence-corrected chi connectivity index (χ3v) is 5.27. The number of ether oxygens (including phenoxy) is 1. The maximum Gasteiger partial charge on any atom is 0.331 e. The maximum atomic E-state index is 11.6. The standard InChI is InChI=1S/C19H33N3O4/c1-3-4-8-26-12-14-6-5-7-22(11-14)17-10-15(19(24)25)9-16(20)18(17)21-13(2)23/h10,14,16-18H,3-9,11-12,20H2,1-2H3,(H,21,23)(H,24,25)/t14-,16-,17+,18-/m0/s1. The summed E-state index contributed by atoms with van der Waals surface area (Å²) < 4.78 is 5.79. The summed E-state index contributed by atoms with van der Waals surface area (Å²) in [5, 5.41) is 12.3. The first kappa shape index (κ1) is 20.9. The second-order valence-corrected chi connectivity index (χ2v) is 7.51. The van der Waals surface area contributed by atoms with Gasteiger partial charge in [0, 0.05) is 31.7 Å². The molecular weight excluding hydrogens is 334 g/mol. The van der Waals surface area contributed by atoms with Crippen LogP contribution in [0.25, 0.3) is 0 Å². The lowest BCUT2D eigenvalue weighted by molar-refractivity contribution is -0.133. The van der Waals surface area contributed by atoms with Gasteiger partial charge in [-0.2, -0.15) is 0 Å². The molecule has 0 unspecified atom stereocenters. The Morgan fingerprint density at radius 3 is 2.88 bits per heavy atom. The Morgan fingerprint density at radius 1 is 1.46 bits per heavy atom. The number of nitrogens with zero attached hydrogens (tertiary/aromatic N) is 1. The second kappa shape index (κ2) is 10.0. The van der Waals surface area contributed by atoms with Crippen LogP contribution in [0.4, 0.5) is 0 Å². The number of amides is 1. The Labute approximate surface area is 155 Å². The van der Waals surface area contributed by atoms with Crippen LogP contribution in [0.2, 0.25) is 0 Å². The average molecular weight is 367 g/mol. The molecule has 0 saturated carbocycles. The number of hydrogen-bond donors (Lipinski definition) is 3. The van der Waals surface area contributed by atoms with Crippen molar-refractivity contribution < 1.29 is 19.4 Å². The van der Waals surface area contributed by atoms with Crippen molar-refractivity contribution in [1.82, 2.24) is 10.2 Å². The Hall–Kier alpha value is -1.44. The molecule has 2 rings (SSSR count). The largest absolute Gasteiger partial charge is 0.478 e. The number of likely N-dealkylation sites (tertiary alicyclic amines) is 1. The molecule has 1 amide bonds. The number of nitrogens with one attached hydrogen (secondary N) is 1. The lowest BCUT2D eigenvalue weighted by Gasteiger charge is -2.44. The molecule has 0 aromatic carbocycles. The molecule has 4 N–H and O–H groups in total. The third-order valence-electron chi connectivity index (χ3n) is 5.27. The predicted molar refractivity (Wildman–Crippen MR) is 99.7 cm³/mol. The Balaban J connectivity index is 2.08. The summed E-state index contributed by atoms with van der Waals surface area (Å²) in [6.45, 7) is 6.85. The quantitative estimate of drug-likeness (QED) is 0.556. The van der Waals surface area contributed by atoms with Crippen molar-refractivity contribution in [2.75, 3.05) is 26.3 Å². The van der Waals surface area contributed by atoms with Crippen LogP contribution >= 0.6 is 0 Å². The zero-order valence-electron chi connectivity index (χ0n) is 15.9. The van der Waals surface area contributed by atoms with Gasteiger partial charge in [0.25, 0.3) is 0 Å². The average Bonchev–Trinajstić information content (AvgIpc) is 2.60. The van der Waals surface area contributed by atoms with Gasteiger partial charge in [-0.1, -0.05) is 19.4 Å². The Kier molecular flexibility index (Phi) is 8.06. The van der Waals surface area contributed by atoms with Crippen molar-refractivity contribution in [3.8, 4) is 0 Å². The molecular formula is C19H33N3O4. The minimum absolute atomic E-state index is 0.140. The van der Waals surface area contributed by atoms with Crippen LogP contribution in [-0.4, -0.2) is 66.3 Å². The zero-order chi connectivity index (χ0) is 19.1. The first-order valence-corrected chi connectivity index (χ1v) is 9.70. The van der Waals surface area contributed by atoms with Gasteiger partial charge in [0.1, 0.15) is 0 Å². The van der Waals surface area contributed by atoms with E-state index in [0.717, 1.165) is 52.0 Å². The zero-order valence-corrected chi connectivity index (χ0v) is 15.9. The van der Waals surface area contributed by atoms with E-state index in [4.69, 9.17) is 10.5 Å². The first-order valence-electron chi connectivity index (χ1n) is 9.70. The number of nitrogens with two attached hydrogens (primary N) is 1. The van der Waals surface area contributed by atoms with E-state index >= 15 is 0 Å². The van der Waals surface area contributed by atoms with Gasteiger partial charge in [-0.3, -0.25) is 9.69 Å². The first-order chi connectivity index (χ1) is 12.4. The molecule has 148 valence electrons. The highest BCUT2D eigenvalue weighted by Crippen LogP contribution is 2.27. The molecule has 2 aliphatic rings. The Morgan fingerprint density at radius 2 is 2.23 bits per heavy atom. The number of aliphatic carboxylic acids is 1. The molecule has 1 fully saturated rings. The minimum atomic E-state index is -0.928. The fraction of sp³-hybridized carbons (Fsp3) is 0.789. The topological polar surface area (TPSA) is 105 Å². The normalized spacial score (nSPS) is 29.9. The van der Waals surface area contributed by atoms with Gasteiger partial charge in [0.15, 0.2) is 0 Å². The Bertz CT molecular complexity index is 523. The van der Waals surface area contributed by atoms with Crippen LogP contribution in [0.3, 0.4) is 0 Å². The van der Waals surface area contributed by atoms with Gasteiger partial charge in [0.05, 0.1) is 18.7 Å². The second-order valence-electron chi connectivity index (χ2n) is 7.51. The summed E-state index contributed by atoms with van der Waals surface area (Å²) in [6.07, 6.45) is 6.40. The monoisotopic (exact) mass is 367 g/mol. The van der Waals surface area contributed by atoms with E-state index in [1.807, 2.05) is 0 Å². The summed E-state index contributed by atoms with van der Waals surface area (Å²) in [7, 11) is 0. The predicted octanol–water partition coefficient (Wildman–Crippen LogP) is 1.13. The highest BCUT2D eigenvalue weighted by molar-refractivity contribution is 5.87. The van der Waals surface area contributed by atoms with Crippen molar-refractivity contribution >= 4 is 11.9 Å². The molecule has 0 spiro atoms. The van der Waals surface area contributed by atoms with Gasteiger partial charge >= 0.3 is 5.97 Å².